The Bertz CT molecular complexity index is 543. The number of carbonyl (C=O) groups excluding carboxylic acids is 1. The molecule has 0 fully saturated rings. The Morgan fingerprint density at radius 1 is 1.37 bits per heavy atom. The minimum Gasteiger partial charge on any atom is -0.382 e. The summed E-state index contributed by atoms with van der Waals surface area (Å²) in [7, 11) is 0. The number of likely N-dealkylation sites (N-methyl/N-ethyl adjacent to an activating group) is 1. The summed E-state index contributed by atoms with van der Waals surface area (Å²) in [4.78, 5) is 14.0. The van der Waals surface area contributed by atoms with E-state index in [1.54, 1.807) is 15.8 Å². The van der Waals surface area contributed by atoms with Crippen molar-refractivity contribution in [1.29, 1.82) is 0 Å². The highest BCUT2D eigenvalue weighted by atomic mass is 16.2. The normalized spacial score (nSPS) is 10.4. The zero-order valence-electron chi connectivity index (χ0n) is 11.2. The van der Waals surface area contributed by atoms with Crippen LogP contribution in [0.2, 0.25) is 0 Å². The van der Waals surface area contributed by atoms with Crippen molar-refractivity contribution in [2.75, 3.05) is 17.2 Å². The van der Waals surface area contributed by atoms with Crippen molar-refractivity contribution < 1.29 is 4.79 Å². The first-order chi connectivity index (χ1) is 9.11. The van der Waals surface area contributed by atoms with Crippen molar-refractivity contribution in [3.05, 3.63) is 42.1 Å². The number of carbonyl (C=O) groups is 1. The number of aryl methyl sites for hydroxylation is 1. The van der Waals surface area contributed by atoms with Crippen LogP contribution < -0.4 is 10.6 Å². The van der Waals surface area contributed by atoms with Gasteiger partial charge in [0.1, 0.15) is 12.4 Å². The lowest BCUT2D eigenvalue weighted by molar-refractivity contribution is -0.119. The number of benzene rings is 1. The van der Waals surface area contributed by atoms with E-state index in [1.165, 1.54) is 0 Å². The number of amides is 1. The van der Waals surface area contributed by atoms with Crippen LogP contribution in [-0.4, -0.2) is 22.2 Å². The third-order valence-electron chi connectivity index (χ3n) is 2.97. The van der Waals surface area contributed by atoms with Crippen molar-refractivity contribution >= 4 is 17.4 Å². The summed E-state index contributed by atoms with van der Waals surface area (Å²) in [5, 5.41) is 4.11. The molecule has 0 aliphatic carbocycles. The van der Waals surface area contributed by atoms with E-state index >= 15 is 0 Å². The molecule has 2 N–H and O–H groups in total. The molecular formula is C14H18N4O. The zero-order chi connectivity index (χ0) is 13.8. The molecular weight excluding hydrogens is 240 g/mol. The van der Waals surface area contributed by atoms with Crippen LogP contribution in [0.3, 0.4) is 0 Å². The number of rotatable bonds is 4. The Balaban J connectivity index is 2.14. The first-order valence-electron chi connectivity index (χ1n) is 6.26. The lowest BCUT2D eigenvalue weighted by atomic mass is 10.3. The second-order valence-electron chi connectivity index (χ2n) is 4.37. The van der Waals surface area contributed by atoms with E-state index in [-0.39, 0.29) is 12.5 Å². The van der Waals surface area contributed by atoms with Crippen molar-refractivity contribution in [2.45, 2.75) is 20.4 Å². The maximum atomic E-state index is 12.3. The van der Waals surface area contributed by atoms with Crippen molar-refractivity contribution in [3.63, 3.8) is 0 Å². The molecule has 5 nitrogen and oxygen atoms in total. The minimum atomic E-state index is -0.00352. The predicted octanol–water partition coefficient (Wildman–Crippen LogP) is 1.83. The number of nitrogens with two attached hydrogens (primary N) is 1. The molecule has 100 valence electrons. The number of nitrogen functional groups attached to an aromatic ring is 1. The van der Waals surface area contributed by atoms with Crippen molar-refractivity contribution in [2.24, 2.45) is 0 Å². The standard InChI is InChI=1S/C14H18N4O/c1-3-18(12-7-5-4-6-8-12)13(19)10-17-9-11(2)14(15)16-17/h4-9H,3,10H2,1-2H3,(H2,15,16). The fourth-order valence-corrected chi connectivity index (χ4v) is 1.95. The lowest BCUT2D eigenvalue weighted by Crippen LogP contribution is -2.33. The van der Waals surface area contributed by atoms with Gasteiger partial charge >= 0.3 is 0 Å². The van der Waals surface area contributed by atoms with Gasteiger partial charge in [0.05, 0.1) is 0 Å². The fraction of sp³-hybridized carbons (Fsp3) is 0.286. The van der Waals surface area contributed by atoms with Crippen LogP contribution in [0, 0.1) is 6.92 Å². The average molecular weight is 258 g/mol. The van der Waals surface area contributed by atoms with Crippen LogP contribution in [0.1, 0.15) is 12.5 Å². The summed E-state index contributed by atoms with van der Waals surface area (Å²) in [6.07, 6.45) is 1.78. The molecule has 1 aromatic heterocycles. The summed E-state index contributed by atoms with van der Waals surface area (Å²) >= 11 is 0. The Labute approximate surface area is 112 Å². The molecule has 1 amide bonds. The van der Waals surface area contributed by atoms with Crippen LogP contribution in [-0.2, 0) is 11.3 Å². The van der Waals surface area contributed by atoms with Crippen LogP contribution >= 0.6 is 0 Å². The average Bonchev–Trinajstić information content (AvgIpc) is 2.70. The van der Waals surface area contributed by atoms with Crippen LogP contribution in [0.15, 0.2) is 36.5 Å². The third kappa shape index (κ3) is 2.93. The number of hydrogen-bond acceptors (Lipinski definition) is 3. The number of hydrogen-bond donors (Lipinski definition) is 1. The van der Waals surface area contributed by atoms with Crippen LogP contribution in [0.25, 0.3) is 0 Å². The molecule has 1 heterocycles. The molecule has 0 saturated carbocycles. The molecule has 0 radical (unpaired) electrons. The Kier molecular flexibility index (Phi) is 3.85. The van der Waals surface area contributed by atoms with E-state index in [4.69, 9.17) is 5.73 Å². The Hall–Kier alpha value is -2.30. The van der Waals surface area contributed by atoms with Gasteiger partial charge < -0.3 is 10.6 Å². The molecule has 5 heteroatoms. The summed E-state index contributed by atoms with van der Waals surface area (Å²) in [6, 6.07) is 9.61. The second-order valence-corrected chi connectivity index (χ2v) is 4.37. The molecule has 2 rings (SSSR count). The summed E-state index contributed by atoms with van der Waals surface area (Å²) in [6.45, 7) is 4.64. The number of para-hydroxylation sites is 1. The summed E-state index contributed by atoms with van der Waals surface area (Å²) in [5.74, 6) is 0.465. The highest BCUT2D eigenvalue weighted by molar-refractivity contribution is 5.93. The summed E-state index contributed by atoms with van der Waals surface area (Å²) < 4.78 is 1.58. The topological polar surface area (TPSA) is 64.2 Å². The summed E-state index contributed by atoms with van der Waals surface area (Å²) in [5.41, 5.74) is 7.46. The van der Waals surface area contributed by atoms with Gasteiger partial charge in [-0.05, 0) is 26.0 Å². The zero-order valence-corrected chi connectivity index (χ0v) is 11.2. The molecule has 2 aromatic rings. The van der Waals surface area contributed by atoms with E-state index in [2.05, 4.69) is 5.10 Å². The van der Waals surface area contributed by atoms with Gasteiger partial charge in [0.2, 0.25) is 5.91 Å². The molecule has 1 aromatic carbocycles. The Morgan fingerprint density at radius 2 is 2.05 bits per heavy atom. The highest BCUT2D eigenvalue weighted by Gasteiger charge is 2.15. The molecule has 0 atom stereocenters. The number of anilines is 2. The maximum absolute atomic E-state index is 12.3. The smallest absolute Gasteiger partial charge is 0.248 e. The molecule has 0 bridgehead atoms. The predicted molar refractivity (Wildman–Crippen MR) is 75.8 cm³/mol. The van der Waals surface area contributed by atoms with E-state index in [0.29, 0.717) is 12.4 Å². The van der Waals surface area contributed by atoms with E-state index in [0.717, 1.165) is 11.3 Å². The third-order valence-corrected chi connectivity index (χ3v) is 2.97. The maximum Gasteiger partial charge on any atom is 0.248 e. The van der Waals surface area contributed by atoms with Gasteiger partial charge in [0, 0.05) is 24.0 Å². The van der Waals surface area contributed by atoms with Crippen LogP contribution in [0.5, 0.6) is 0 Å². The second kappa shape index (κ2) is 5.56. The van der Waals surface area contributed by atoms with Crippen LogP contribution in [0.4, 0.5) is 11.5 Å². The highest BCUT2D eigenvalue weighted by Crippen LogP contribution is 2.14. The number of aromatic nitrogens is 2. The fourth-order valence-electron chi connectivity index (χ4n) is 1.95. The number of nitrogens with zero attached hydrogens (tertiary/aromatic N) is 3. The molecule has 0 saturated heterocycles. The van der Waals surface area contributed by atoms with Gasteiger partial charge in [-0.1, -0.05) is 18.2 Å². The lowest BCUT2D eigenvalue weighted by Gasteiger charge is -2.20. The van der Waals surface area contributed by atoms with E-state index in [9.17, 15) is 4.79 Å². The van der Waals surface area contributed by atoms with Gasteiger partial charge in [0.25, 0.3) is 0 Å². The van der Waals surface area contributed by atoms with Crippen molar-refractivity contribution in [3.8, 4) is 0 Å². The quantitative estimate of drug-likeness (QED) is 0.910. The van der Waals surface area contributed by atoms with Crippen molar-refractivity contribution in [1.82, 2.24) is 9.78 Å². The first kappa shape index (κ1) is 13.1. The molecule has 0 aliphatic rings. The molecule has 0 spiro atoms. The Morgan fingerprint density at radius 3 is 2.58 bits per heavy atom. The van der Waals surface area contributed by atoms with Gasteiger partial charge in [-0.25, -0.2) is 0 Å². The van der Waals surface area contributed by atoms with E-state index in [1.807, 2.05) is 44.2 Å². The first-order valence-corrected chi connectivity index (χ1v) is 6.26. The largest absolute Gasteiger partial charge is 0.382 e. The minimum absolute atomic E-state index is 0.00352. The monoisotopic (exact) mass is 258 g/mol. The molecule has 19 heavy (non-hydrogen) atoms. The van der Waals surface area contributed by atoms with Gasteiger partial charge in [-0.15, -0.1) is 0 Å². The van der Waals surface area contributed by atoms with E-state index < -0.39 is 0 Å². The SMILES string of the molecule is CCN(C(=O)Cn1cc(C)c(N)n1)c1ccccc1. The van der Waals surface area contributed by atoms with Gasteiger partial charge in [-0.2, -0.15) is 5.10 Å². The van der Waals surface area contributed by atoms with Gasteiger partial charge in [0.15, 0.2) is 0 Å². The molecule has 0 unspecified atom stereocenters. The van der Waals surface area contributed by atoms with Gasteiger partial charge in [-0.3, -0.25) is 9.48 Å². The molecule has 0 aliphatic heterocycles.